The summed E-state index contributed by atoms with van der Waals surface area (Å²) in [7, 11) is 0. The minimum Gasteiger partial charge on any atom is -0.481 e. The first-order valence-corrected chi connectivity index (χ1v) is 7.77. The normalized spacial score (nSPS) is 33.0. The first-order chi connectivity index (χ1) is 9.61. The highest BCUT2D eigenvalue weighted by Crippen LogP contribution is 2.38. The summed E-state index contributed by atoms with van der Waals surface area (Å²) in [6.45, 7) is 2.75. The number of aliphatic carboxylic acids is 1. The smallest absolute Gasteiger partial charge is 0.307 e. The zero-order valence-electron chi connectivity index (χ0n) is 12.2. The number of amides is 1. The average Bonchev–Trinajstić information content (AvgIpc) is 2.90. The molecule has 0 bridgehead atoms. The van der Waals surface area contributed by atoms with Crippen LogP contribution in [0.4, 0.5) is 0 Å². The standard InChI is InChI=1S/C16H25NO3/c1-2-11-8-13(14(9-11)16(19)20)15(18)17-10-12-6-4-3-5-7-12/h3-4,11-14H,2,5-10H2,1H3,(H,17,18)(H,19,20)/t11?,12?,13-,14+/m0/s1. The molecule has 2 aliphatic carbocycles. The van der Waals surface area contributed by atoms with Crippen LogP contribution in [0.15, 0.2) is 12.2 Å². The first-order valence-electron chi connectivity index (χ1n) is 7.77. The van der Waals surface area contributed by atoms with Gasteiger partial charge in [-0.05, 0) is 43.9 Å². The van der Waals surface area contributed by atoms with E-state index in [4.69, 9.17) is 0 Å². The second kappa shape index (κ2) is 6.91. The van der Waals surface area contributed by atoms with Gasteiger partial charge in [0.2, 0.25) is 5.91 Å². The molecular weight excluding hydrogens is 254 g/mol. The largest absolute Gasteiger partial charge is 0.481 e. The highest BCUT2D eigenvalue weighted by Gasteiger charge is 2.42. The summed E-state index contributed by atoms with van der Waals surface area (Å²) in [6.07, 6.45) is 9.90. The summed E-state index contributed by atoms with van der Waals surface area (Å²) in [5, 5.41) is 12.3. The lowest BCUT2D eigenvalue weighted by Gasteiger charge is -2.21. The molecule has 2 N–H and O–H groups in total. The molecule has 0 aromatic carbocycles. The average molecular weight is 279 g/mol. The zero-order chi connectivity index (χ0) is 14.5. The van der Waals surface area contributed by atoms with Gasteiger partial charge in [-0.2, -0.15) is 0 Å². The molecular formula is C16H25NO3. The van der Waals surface area contributed by atoms with Crippen LogP contribution < -0.4 is 5.32 Å². The summed E-state index contributed by atoms with van der Waals surface area (Å²) >= 11 is 0. The van der Waals surface area contributed by atoms with E-state index in [0.717, 1.165) is 32.1 Å². The van der Waals surface area contributed by atoms with Gasteiger partial charge in [0.05, 0.1) is 11.8 Å². The van der Waals surface area contributed by atoms with E-state index >= 15 is 0 Å². The summed E-state index contributed by atoms with van der Waals surface area (Å²) in [6, 6.07) is 0. The van der Waals surface area contributed by atoms with Crippen LogP contribution in [-0.2, 0) is 9.59 Å². The Balaban J connectivity index is 1.86. The van der Waals surface area contributed by atoms with E-state index in [2.05, 4.69) is 24.4 Å². The Hall–Kier alpha value is -1.32. The minimum atomic E-state index is -0.818. The number of carbonyl (C=O) groups is 2. The third-order valence-corrected chi connectivity index (χ3v) is 4.83. The fourth-order valence-corrected chi connectivity index (χ4v) is 3.46. The number of hydrogen-bond donors (Lipinski definition) is 2. The predicted molar refractivity (Wildman–Crippen MR) is 77.1 cm³/mol. The molecule has 2 rings (SSSR count). The lowest BCUT2D eigenvalue weighted by atomic mass is 9.92. The van der Waals surface area contributed by atoms with Gasteiger partial charge in [0, 0.05) is 6.54 Å². The summed E-state index contributed by atoms with van der Waals surface area (Å²) in [4.78, 5) is 23.6. The second-order valence-electron chi connectivity index (χ2n) is 6.19. The molecule has 2 aliphatic rings. The van der Waals surface area contributed by atoms with Crippen LogP contribution >= 0.6 is 0 Å². The van der Waals surface area contributed by atoms with E-state index in [9.17, 15) is 14.7 Å². The monoisotopic (exact) mass is 279 g/mol. The quantitative estimate of drug-likeness (QED) is 0.760. The highest BCUT2D eigenvalue weighted by atomic mass is 16.4. The topological polar surface area (TPSA) is 66.4 Å². The second-order valence-corrected chi connectivity index (χ2v) is 6.19. The molecule has 4 nitrogen and oxygen atoms in total. The molecule has 1 saturated carbocycles. The molecule has 0 saturated heterocycles. The number of nitrogens with one attached hydrogen (secondary N) is 1. The van der Waals surface area contributed by atoms with Gasteiger partial charge in [-0.3, -0.25) is 9.59 Å². The number of carboxylic acid groups (broad SMARTS) is 1. The Morgan fingerprint density at radius 1 is 1.20 bits per heavy atom. The molecule has 2 unspecified atom stereocenters. The van der Waals surface area contributed by atoms with Crippen LogP contribution in [0.1, 0.15) is 45.4 Å². The van der Waals surface area contributed by atoms with Gasteiger partial charge < -0.3 is 10.4 Å². The maximum absolute atomic E-state index is 12.3. The zero-order valence-corrected chi connectivity index (χ0v) is 12.2. The van der Waals surface area contributed by atoms with Gasteiger partial charge in [-0.25, -0.2) is 0 Å². The molecule has 0 aromatic rings. The highest BCUT2D eigenvalue weighted by molar-refractivity contribution is 5.85. The van der Waals surface area contributed by atoms with Crippen molar-refractivity contribution in [2.24, 2.45) is 23.7 Å². The fraction of sp³-hybridized carbons (Fsp3) is 0.750. The first kappa shape index (κ1) is 15.1. The Morgan fingerprint density at radius 3 is 2.55 bits per heavy atom. The lowest BCUT2D eigenvalue weighted by molar-refractivity contribution is -0.146. The van der Waals surface area contributed by atoms with Crippen LogP contribution in [0, 0.1) is 23.7 Å². The van der Waals surface area contributed by atoms with E-state index < -0.39 is 11.9 Å². The van der Waals surface area contributed by atoms with Gasteiger partial charge in [0.15, 0.2) is 0 Å². The molecule has 0 spiro atoms. The van der Waals surface area contributed by atoms with E-state index in [0.29, 0.717) is 24.8 Å². The minimum absolute atomic E-state index is 0.0529. The molecule has 1 amide bonds. The van der Waals surface area contributed by atoms with E-state index in [1.807, 2.05) is 0 Å². The fourth-order valence-electron chi connectivity index (χ4n) is 3.46. The number of carboxylic acids is 1. The summed E-state index contributed by atoms with van der Waals surface area (Å²) in [5.74, 6) is -0.813. The SMILES string of the molecule is CCC1C[C@H](C(=O)NCC2CC=CCC2)[C@H](C(=O)O)C1. The molecule has 4 atom stereocenters. The van der Waals surface area contributed by atoms with Crippen molar-refractivity contribution in [1.29, 1.82) is 0 Å². The number of rotatable bonds is 5. The van der Waals surface area contributed by atoms with Crippen molar-refractivity contribution < 1.29 is 14.7 Å². The Morgan fingerprint density at radius 2 is 1.95 bits per heavy atom. The predicted octanol–water partition coefficient (Wildman–Crippen LogP) is 2.60. The van der Waals surface area contributed by atoms with Crippen molar-refractivity contribution in [3.05, 3.63) is 12.2 Å². The van der Waals surface area contributed by atoms with E-state index in [1.54, 1.807) is 0 Å². The van der Waals surface area contributed by atoms with Gasteiger partial charge >= 0.3 is 5.97 Å². The third-order valence-electron chi connectivity index (χ3n) is 4.83. The molecule has 0 radical (unpaired) electrons. The van der Waals surface area contributed by atoms with Gasteiger partial charge in [0.25, 0.3) is 0 Å². The van der Waals surface area contributed by atoms with Crippen molar-refractivity contribution in [2.45, 2.75) is 45.4 Å². The maximum atomic E-state index is 12.3. The van der Waals surface area contributed by atoms with Crippen LogP contribution in [-0.4, -0.2) is 23.5 Å². The number of carbonyl (C=O) groups excluding carboxylic acids is 1. The van der Waals surface area contributed by atoms with Crippen LogP contribution in [0.25, 0.3) is 0 Å². The molecule has 0 aromatic heterocycles. The Bertz CT molecular complexity index is 391. The molecule has 20 heavy (non-hydrogen) atoms. The van der Waals surface area contributed by atoms with E-state index in [1.165, 1.54) is 0 Å². The summed E-state index contributed by atoms with van der Waals surface area (Å²) < 4.78 is 0. The Kier molecular flexibility index (Phi) is 5.21. The molecule has 4 heteroatoms. The van der Waals surface area contributed by atoms with Gasteiger partial charge in [-0.1, -0.05) is 25.5 Å². The summed E-state index contributed by atoms with van der Waals surface area (Å²) in [5.41, 5.74) is 0. The van der Waals surface area contributed by atoms with Gasteiger partial charge in [-0.15, -0.1) is 0 Å². The van der Waals surface area contributed by atoms with Crippen molar-refractivity contribution in [3.63, 3.8) is 0 Å². The van der Waals surface area contributed by atoms with Crippen LogP contribution in [0.3, 0.4) is 0 Å². The van der Waals surface area contributed by atoms with Gasteiger partial charge in [0.1, 0.15) is 0 Å². The molecule has 0 heterocycles. The number of hydrogen-bond acceptors (Lipinski definition) is 2. The van der Waals surface area contributed by atoms with Crippen LogP contribution in [0.5, 0.6) is 0 Å². The number of allylic oxidation sites excluding steroid dienone is 2. The Labute approximate surface area is 120 Å². The van der Waals surface area contributed by atoms with Crippen molar-refractivity contribution in [2.75, 3.05) is 6.54 Å². The van der Waals surface area contributed by atoms with Crippen molar-refractivity contribution in [3.8, 4) is 0 Å². The molecule has 1 fully saturated rings. The van der Waals surface area contributed by atoms with Crippen LogP contribution in [0.2, 0.25) is 0 Å². The van der Waals surface area contributed by atoms with E-state index in [-0.39, 0.29) is 11.8 Å². The third kappa shape index (κ3) is 3.62. The lowest BCUT2D eigenvalue weighted by Crippen LogP contribution is -2.37. The molecule has 0 aliphatic heterocycles. The van der Waals surface area contributed by atoms with Crippen molar-refractivity contribution >= 4 is 11.9 Å². The van der Waals surface area contributed by atoms with Crippen molar-refractivity contribution in [1.82, 2.24) is 5.32 Å². The maximum Gasteiger partial charge on any atom is 0.307 e. The molecule has 112 valence electrons.